The Labute approximate surface area is 107 Å². The van der Waals surface area contributed by atoms with Crippen LogP contribution in [0.1, 0.15) is 31.5 Å². The van der Waals surface area contributed by atoms with Crippen LogP contribution in [-0.2, 0) is 6.61 Å². The van der Waals surface area contributed by atoms with Crippen LogP contribution >= 0.6 is 15.9 Å². The highest BCUT2D eigenvalue weighted by Gasteiger charge is 2.10. The normalized spacial score (nSPS) is 10.8. The molecule has 0 aromatic carbocycles. The first kappa shape index (κ1) is 12.0. The second-order valence-corrected chi connectivity index (χ2v) is 4.75. The highest BCUT2D eigenvalue weighted by atomic mass is 79.9. The monoisotopic (exact) mass is 297 g/mol. The number of aromatic nitrogens is 3. The van der Waals surface area contributed by atoms with Crippen LogP contribution in [0.5, 0.6) is 5.75 Å². The summed E-state index contributed by atoms with van der Waals surface area (Å²) >= 11 is 3.32. The minimum atomic E-state index is 0.226. The van der Waals surface area contributed by atoms with Gasteiger partial charge in [0.1, 0.15) is 5.75 Å². The molecule has 0 aliphatic rings. The molecule has 2 aromatic rings. The van der Waals surface area contributed by atoms with Crippen LogP contribution < -0.4 is 4.74 Å². The number of pyridine rings is 1. The van der Waals surface area contributed by atoms with Crippen LogP contribution in [0.15, 0.2) is 27.5 Å². The number of hydrogen-bond donors (Lipinski definition) is 0. The van der Waals surface area contributed by atoms with Crippen molar-refractivity contribution < 1.29 is 9.26 Å². The van der Waals surface area contributed by atoms with E-state index < -0.39 is 0 Å². The topological polar surface area (TPSA) is 61.0 Å². The third-order valence-electron chi connectivity index (χ3n) is 2.03. The summed E-state index contributed by atoms with van der Waals surface area (Å²) in [5, 5.41) is 3.83. The number of rotatable bonds is 4. The van der Waals surface area contributed by atoms with Crippen molar-refractivity contribution in [1.29, 1.82) is 0 Å². The van der Waals surface area contributed by atoms with E-state index in [9.17, 15) is 0 Å². The summed E-state index contributed by atoms with van der Waals surface area (Å²) in [6.45, 7) is 4.26. The third-order valence-corrected chi connectivity index (χ3v) is 2.46. The van der Waals surface area contributed by atoms with Gasteiger partial charge in [-0.05, 0) is 22.0 Å². The van der Waals surface area contributed by atoms with E-state index in [2.05, 4.69) is 31.1 Å². The van der Waals surface area contributed by atoms with Crippen molar-refractivity contribution >= 4 is 15.9 Å². The van der Waals surface area contributed by atoms with Crippen molar-refractivity contribution in [2.75, 3.05) is 0 Å². The Bertz CT molecular complexity index is 499. The number of halogens is 1. The SMILES string of the molecule is CC(C)c1nc(COc2cncc(Br)c2)no1. The van der Waals surface area contributed by atoms with Gasteiger partial charge in [0.15, 0.2) is 6.61 Å². The molecule has 0 unspecified atom stereocenters. The number of nitrogens with zero attached hydrogens (tertiary/aromatic N) is 3. The van der Waals surface area contributed by atoms with Crippen LogP contribution in [0.25, 0.3) is 0 Å². The highest BCUT2D eigenvalue weighted by molar-refractivity contribution is 9.10. The van der Waals surface area contributed by atoms with Gasteiger partial charge in [0.2, 0.25) is 11.7 Å². The molecule has 17 heavy (non-hydrogen) atoms. The molecule has 0 atom stereocenters. The summed E-state index contributed by atoms with van der Waals surface area (Å²) in [6, 6.07) is 1.83. The van der Waals surface area contributed by atoms with E-state index in [4.69, 9.17) is 9.26 Å². The van der Waals surface area contributed by atoms with Gasteiger partial charge in [0, 0.05) is 16.6 Å². The Morgan fingerprint density at radius 3 is 2.88 bits per heavy atom. The van der Waals surface area contributed by atoms with E-state index in [-0.39, 0.29) is 12.5 Å². The Balaban J connectivity index is 1.97. The van der Waals surface area contributed by atoms with Gasteiger partial charge in [-0.1, -0.05) is 19.0 Å². The molecule has 0 aliphatic carbocycles. The quantitative estimate of drug-likeness (QED) is 0.868. The molecule has 0 fully saturated rings. The molecule has 0 spiro atoms. The second-order valence-electron chi connectivity index (χ2n) is 3.83. The van der Waals surface area contributed by atoms with Crippen LogP contribution in [0.4, 0.5) is 0 Å². The zero-order chi connectivity index (χ0) is 12.3. The lowest BCUT2D eigenvalue weighted by Crippen LogP contribution is -1.98. The van der Waals surface area contributed by atoms with Gasteiger partial charge in [-0.2, -0.15) is 4.98 Å². The highest BCUT2D eigenvalue weighted by Crippen LogP contribution is 2.17. The van der Waals surface area contributed by atoms with Gasteiger partial charge < -0.3 is 9.26 Å². The third kappa shape index (κ3) is 3.26. The van der Waals surface area contributed by atoms with Crippen molar-refractivity contribution in [2.45, 2.75) is 26.4 Å². The Morgan fingerprint density at radius 1 is 1.41 bits per heavy atom. The maximum absolute atomic E-state index is 5.49. The van der Waals surface area contributed by atoms with Crippen molar-refractivity contribution in [2.24, 2.45) is 0 Å². The summed E-state index contributed by atoms with van der Waals surface area (Å²) < 4.78 is 11.4. The van der Waals surface area contributed by atoms with Crippen molar-refractivity contribution in [1.82, 2.24) is 15.1 Å². The second kappa shape index (κ2) is 5.27. The number of hydrogen-bond acceptors (Lipinski definition) is 5. The van der Waals surface area contributed by atoms with E-state index in [1.165, 1.54) is 0 Å². The number of ether oxygens (including phenoxy) is 1. The Morgan fingerprint density at radius 2 is 2.24 bits per heavy atom. The minimum absolute atomic E-state index is 0.226. The predicted octanol–water partition coefficient (Wildman–Crippen LogP) is 2.93. The van der Waals surface area contributed by atoms with Gasteiger partial charge in [0.25, 0.3) is 0 Å². The fourth-order valence-electron chi connectivity index (χ4n) is 1.18. The lowest BCUT2D eigenvalue weighted by molar-refractivity contribution is 0.283. The summed E-state index contributed by atoms with van der Waals surface area (Å²) in [7, 11) is 0. The summed E-state index contributed by atoms with van der Waals surface area (Å²) in [5.74, 6) is 2.05. The fraction of sp³-hybridized carbons (Fsp3) is 0.364. The smallest absolute Gasteiger partial charge is 0.229 e. The lowest BCUT2D eigenvalue weighted by atomic mass is 10.2. The molecule has 90 valence electrons. The van der Waals surface area contributed by atoms with Crippen molar-refractivity contribution in [3.8, 4) is 5.75 Å². The van der Waals surface area contributed by atoms with Crippen LogP contribution in [0.2, 0.25) is 0 Å². The minimum Gasteiger partial charge on any atom is -0.484 e. The molecule has 5 nitrogen and oxygen atoms in total. The van der Waals surface area contributed by atoms with E-state index in [0.29, 0.717) is 17.5 Å². The first-order chi connectivity index (χ1) is 8.15. The summed E-state index contributed by atoms with van der Waals surface area (Å²) in [5.41, 5.74) is 0. The van der Waals surface area contributed by atoms with Gasteiger partial charge in [0.05, 0.1) is 6.20 Å². The van der Waals surface area contributed by atoms with Crippen LogP contribution in [0.3, 0.4) is 0 Å². The lowest BCUT2D eigenvalue weighted by Gasteiger charge is -2.02. The van der Waals surface area contributed by atoms with Crippen LogP contribution in [0, 0.1) is 0 Å². The molecule has 0 amide bonds. The van der Waals surface area contributed by atoms with Crippen LogP contribution in [-0.4, -0.2) is 15.1 Å². The van der Waals surface area contributed by atoms with E-state index in [1.54, 1.807) is 12.4 Å². The van der Waals surface area contributed by atoms with Gasteiger partial charge >= 0.3 is 0 Å². The molecule has 0 radical (unpaired) electrons. The molecule has 2 aromatic heterocycles. The largest absolute Gasteiger partial charge is 0.484 e. The van der Waals surface area contributed by atoms with E-state index >= 15 is 0 Å². The summed E-state index contributed by atoms with van der Waals surface area (Å²) in [4.78, 5) is 8.21. The average Bonchev–Trinajstić information content (AvgIpc) is 2.75. The molecule has 0 saturated carbocycles. The first-order valence-electron chi connectivity index (χ1n) is 5.21. The molecule has 0 N–H and O–H groups in total. The van der Waals surface area contributed by atoms with E-state index in [1.807, 2.05) is 19.9 Å². The maximum Gasteiger partial charge on any atom is 0.229 e. The first-order valence-corrected chi connectivity index (χ1v) is 6.00. The standard InChI is InChI=1S/C11H12BrN3O2/c1-7(2)11-14-10(15-17-11)6-16-9-3-8(12)4-13-5-9/h3-5,7H,6H2,1-2H3. The van der Waals surface area contributed by atoms with Gasteiger partial charge in [-0.25, -0.2) is 0 Å². The predicted molar refractivity (Wildman–Crippen MR) is 64.7 cm³/mol. The zero-order valence-corrected chi connectivity index (χ0v) is 11.1. The Hall–Kier alpha value is -1.43. The molecule has 0 aliphatic heterocycles. The average molecular weight is 298 g/mol. The summed E-state index contributed by atoms with van der Waals surface area (Å²) in [6.07, 6.45) is 3.33. The molecule has 2 rings (SSSR count). The maximum atomic E-state index is 5.49. The Kier molecular flexibility index (Phi) is 3.73. The van der Waals surface area contributed by atoms with Gasteiger partial charge in [-0.15, -0.1) is 0 Å². The zero-order valence-electron chi connectivity index (χ0n) is 9.55. The molecular weight excluding hydrogens is 286 g/mol. The van der Waals surface area contributed by atoms with E-state index in [0.717, 1.165) is 4.47 Å². The molecular formula is C11H12BrN3O2. The molecule has 6 heteroatoms. The fourth-order valence-corrected chi connectivity index (χ4v) is 1.52. The van der Waals surface area contributed by atoms with Gasteiger partial charge in [-0.3, -0.25) is 4.98 Å². The van der Waals surface area contributed by atoms with Crippen molar-refractivity contribution in [3.63, 3.8) is 0 Å². The van der Waals surface area contributed by atoms with Crippen molar-refractivity contribution in [3.05, 3.63) is 34.6 Å². The molecule has 2 heterocycles. The molecule has 0 saturated heterocycles. The molecule has 0 bridgehead atoms.